The molecule has 0 radical (unpaired) electrons. The van der Waals surface area contributed by atoms with Crippen molar-refractivity contribution in [3.8, 4) is 0 Å². The average Bonchev–Trinajstić information content (AvgIpc) is 2.87. The number of benzene rings is 1. The molecule has 2 aliphatic carbocycles. The third-order valence-electron chi connectivity index (χ3n) is 6.57. The molecule has 202 valence electrons. The quantitative estimate of drug-likeness (QED) is 0.190. The van der Waals surface area contributed by atoms with Crippen LogP contribution in [0.2, 0.25) is 0 Å². The minimum absolute atomic E-state index is 0. The van der Waals surface area contributed by atoms with E-state index in [-0.39, 0.29) is 45.5 Å². The zero-order valence-electron chi connectivity index (χ0n) is 22.6. The second-order valence-electron chi connectivity index (χ2n) is 8.45. The smallest absolute Gasteiger partial charge is 0.870 e. The normalized spacial score (nSPS) is 14.9. The van der Waals surface area contributed by atoms with E-state index in [9.17, 15) is 21.4 Å². The van der Waals surface area contributed by atoms with E-state index in [2.05, 4.69) is 49.3 Å². The Hall–Kier alpha value is -1.79. The van der Waals surface area contributed by atoms with Crippen LogP contribution in [0.4, 0.5) is 0 Å². The number of nitrogens with zero attached hydrogens (tertiary/aromatic N) is 2. The van der Waals surface area contributed by atoms with Gasteiger partial charge in [-0.15, -0.1) is 0 Å². The molecule has 0 bridgehead atoms. The van der Waals surface area contributed by atoms with E-state index in [0.717, 1.165) is 49.1 Å². The SMILES string of the molecule is CCN(CC)C1=CCC(C(=C2C=CC(=[N+](CC)CC)C=C2)c2ccc([S-](=O)=O)cc2S(=O)(=O)[O-])=CC1.[Na+].[OH-]. The molecule has 0 saturated carbocycles. The predicted octanol–water partition coefficient (Wildman–Crippen LogP) is 1.40. The fourth-order valence-corrected chi connectivity index (χ4v) is 5.85. The third kappa shape index (κ3) is 7.88. The summed E-state index contributed by atoms with van der Waals surface area (Å²) in [6, 6.07) is 3.71. The van der Waals surface area contributed by atoms with Crippen LogP contribution in [0.5, 0.6) is 0 Å². The second kappa shape index (κ2) is 15.1. The van der Waals surface area contributed by atoms with Crippen molar-refractivity contribution in [2.24, 2.45) is 0 Å². The van der Waals surface area contributed by atoms with Gasteiger partial charge in [0.15, 0.2) is 5.71 Å². The Labute approximate surface area is 250 Å². The number of hydrogen-bond acceptors (Lipinski definition) is 8. The first-order chi connectivity index (χ1) is 17.1. The van der Waals surface area contributed by atoms with E-state index in [4.69, 9.17) is 0 Å². The van der Waals surface area contributed by atoms with E-state index in [1.807, 2.05) is 24.3 Å². The van der Waals surface area contributed by atoms with E-state index in [0.29, 0.717) is 18.4 Å². The second-order valence-corrected chi connectivity index (χ2v) is 10.7. The molecule has 38 heavy (non-hydrogen) atoms. The molecule has 0 aliphatic heterocycles. The van der Waals surface area contributed by atoms with Crippen molar-refractivity contribution in [1.29, 1.82) is 0 Å². The maximum absolute atomic E-state index is 12.3. The fraction of sp³-hybridized carbons (Fsp3) is 0.370. The van der Waals surface area contributed by atoms with Crippen molar-refractivity contribution in [2.75, 3.05) is 26.2 Å². The van der Waals surface area contributed by atoms with Crippen LogP contribution in [0, 0.1) is 0 Å². The Balaban J connectivity index is 0.00000361. The van der Waals surface area contributed by atoms with Crippen LogP contribution in [-0.4, -0.2) is 59.8 Å². The summed E-state index contributed by atoms with van der Waals surface area (Å²) >= 11 is 0. The van der Waals surface area contributed by atoms with E-state index >= 15 is 0 Å². The van der Waals surface area contributed by atoms with Crippen LogP contribution in [0.25, 0.3) is 5.57 Å². The van der Waals surface area contributed by atoms with Gasteiger partial charge in [0.25, 0.3) is 0 Å². The standard InChI is InChI=1S/C27H33N2O5S2.Na.H2O/c1-5-28(6-2)22-13-9-20(10-14-22)27(21-11-15-23(16-12-21)29(7-3)8-4)25-18-17-24(35(30)31)19-26(25)36(32,33)34;;/h9-11,13-14,16-19H,5-8,12,15H2,1-4H3;;1H2/q-1;+1;/p-1. The molecule has 0 saturated heterocycles. The van der Waals surface area contributed by atoms with Gasteiger partial charge in [0.1, 0.15) is 23.2 Å². The topological polar surface area (TPSA) is 128 Å². The summed E-state index contributed by atoms with van der Waals surface area (Å²) in [6.45, 7) is 11.8. The van der Waals surface area contributed by atoms with Crippen LogP contribution in [-0.2, 0) is 29.2 Å². The average molecular weight is 570 g/mol. The van der Waals surface area contributed by atoms with E-state index in [1.165, 1.54) is 17.8 Å². The van der Waals surface area contributed by atoms with Crippen LogP contribution < -0.4 is 29.6 Å². The van der Waals surface area contributed by atoms with Gasteiger partial charge in [0.05, 0.1) is 4.90 Å². The maximum Gasteiger partial charge on any atom is 1.00 e. The molecule has 0 atom stereocenters. The third-order valence-corrected chi connectivity index (χ3v) is 8.09. The molecule has 2 aliphatic rings. The molecule has 11 heteroatoms. The van der Waals surface area contributed by atoms with Crippen molar-refractivity contribution in [2.45, 2.75) is 50.3 Å². The summed E-state index contributed by atoms with van der Waals surface area (Å²) in [7, 11) is -7.61. The van der Waals surface area contributed by atoms with Gasteiger partial charge in [0, 0.05) is 37.4 Å². The number of allylic oxidation sites excluding steroid dienone is 9. The Morgan fingerprint density at radius 3 is 2.03 bits per heavy atom. The summed E-state index contributed by atoms with van der Waals surface area (Å²) in [5, 5.41) is 0. The fourth-order valence-electron chi connectivity index (χ4n) is 4.68. The number of hydrogen-bond donors (Lipinski definition) is 0. The molecule has 0 amide bonds. The Morgan fingerprint density at radius 2 is 1.58 bits per heavy atom. The first kappa shape index (κ1) is 34.2. The van der Waals surface area contributed by atoms with Crippen LogP contribution in [0.3, 0.4) is 0 Å². The van der Waals surface area contributed by atoms with Crippen molar-refractivity contribution >= 4 is 32.1 Å². The molecule has 3 rings (SSSR count). The van der Waals surface area contributed by atoms with Crippen LogP contribution >= 0.6 is 0 Å². The van der Waals surface area contributed by atoms with Crippen LogP contribution in [0.15, 0.2) is 81.3 Å². The largest absolute Gasteiger partial charge is 1.00 e. The predicted molar refractivity (Wildman–Crippen MR) is 143 cm³/mol. The minimum atomic E-state index is -4.95. The van der Waals surface area contributed by atoms with Gasteiger partial charge in [-0.2, -0.15) is 0 Å². The van der Waals surface area contributed by atoms with Crippen molar-refractivity contribution in [3.05, 3.63) is 77.1 Å². The van der Waals surface area contributed by atoms with Gasteiger partial charge in [0.2, 0.25) is 0 Å². The zero-order valence-corrected chi connectivity index (χ0v) is 26.3. The molecule has 1 aromatic carbocycles. The molecule has 8 nitrogen and oxygen atoms in total. The van der Waals surface area contributed by atoms with Crippen molar-refractivity contribution in [3.63, 3.8) is 0 Å². The van der Waals surface area contributed by atoms with Crippen molar-refractivity contribution in [1.82, 2.24) is 4.90 Å². The molecule has 0 heterocycles. The number of rotatable bonds is 9. The Kier molecular flexibility index (Phi) is 13.6. The zero-order chi connectivity index (χ0) is 26.5. The molecule has 0 unspecified atom stereocenters. The van der Waals surface area contributed by atoms with Crippen molar-refractivity contribution < 1.29 is 61.0 Å². The maximum atomic E-state index is 12.3. The monoisotopic (exact) mass is 569 g/mol. The molecule has 0 fully saturated rings. The van der Waals surface area contributed by atoms with E-state index < -0.39 is 25.7 Å². The van der Waals surface area contributed by atoms with Gasteiger partial charge >= 0.3 is 29.6 Å². The first-order valence-corrected chi connectivity index (χ1v) is 14.7. The minimum Gasteiger partial charge on any atom is -0.870 e. The van der Waals surface area contributed by atoms with Gasteiger partial charge < -0.3 is 23.3 Å². The molecule has 0 aromatic heterocycles. The molecule has 1 N–H and O–H groups in total. The summed E-state index contributed by atoms with van der Waals surface area (Å²) in [4.78, 5) is 1.50. The summed E-state index contributed by atoms with van der Waals surface area (Å²) < 4.78 is 62.1. The van der Waals surface area contributed by atoms with Gasteiger partial charge in [-0.3, -0.25) is 0 Å². The molecule has 1 aromatic rings. The summed E-state index contributed by atoms with van der Waals surface area (Å²) in [5.74, 6) is 0. The molecule has 0 spiro atoms. The summed E-state index contributed by atoms with van der Waals surface area (Å²) in [5.41, 5.74) is 4.72. The van der Waals surface area contributed by atoms with Gasteiger partial charge in [-0.05, 0) is 79.3 Å². The van der Waals surface area contributed by atoms with E-state index in [1.54, 1.807) is 0 Å². The Morgan fingerprint density at radius 1 is 0.974 bits per heavy atom. The van der Waals surface area contributed by atoms with Gasteiger partial charge in [-0.25, -0.2) is 13.0 Å². The molecular weight excluding hydrogens is 535 g/mol. The van der Waals surface area contributed by atoms with Crippen LogP contribution in [0.1, 0.15) is 46.1 Å². The summed E-state index contributed by atoms with van der Waals surface area (Å²) in [6.07, 6.45) is 13.3. The molecular formula is C27H34N2NaO6S2-. The van der Waals surface area contributed by atoms with Gasteiger partial charge in [-0.1, -0.05) is 35.2 Å². The first-order valence-electron chi connectivity index (χ1n) is 12.2. The Bertz CT molecular complexity index is 1360.